The summed E-state index contributed by atoms with van der Waals surface area (Å²) in [6, 6.07) is 0. The number of aliphatic hydroxyl groups is 1. The maximum Gasteiger partial charge on any atom is 0.472 e. The van der Waals surface area contributed by atoms with Gasteiger partial charge in [0.1, 0.15) is 19.3 Å². The van der Waals surface area contributed by atoms with Crippen LogP contribution >= 0.6 is 15.6 Å². The van der Waals surface area contributed by atoms with Crippen molar-refractivity contribution in [2.45, 2.75) is 508 Å². The van der Waals surface area contributed by atoms with Crippen LogP contribution in [0.5, 0.6) is 0 Å². The minimum Gasteiger partial charge on any atom is -0.462 e. The Labute approximate surface area is 664 Å². The second kappa shape index (κ2) is 83.0. The molecule has 2 unspecified atom stereocenters. The lowest BCUT2D eigenvalue weighted by Gasteiger charge is -2.21. The first-order valence-electron chi connectivity index (χ1n) is 46.3. The maximum atomic E-state index is 13.2. The number of ether oxygens (including phenoxy) is 4. The Morgan fingerprint density at radius 3 is 0.546 bits per heavy atom. The molecule has 0 saturated carbocycles. The van der Waals surface area contributed by atoms with Gasteiger partial charge in [-0.05, 0) is 25.7 Å². The molecule has 17 nitrogen and oxygen atoms in total. The van der Waals surface area contributed by atoms with Crippen molar-refractivity contribution in [3.63, 3.8) is 0 Å². The Morgan fingerprint density at radius 1 is 0.222 bits per heavy atom. The lowest BCUT2D eigenvalue weighted by atomic mass is 10.0. The molecule has 108 heavy (non-hydrogen) atoms. The number of hydrogen-bond acceptors (Lipinski definition) is 15. The van der Waals surface area contributed by atoms with Crippen LogP contribution in [0.4, 0.5) is 0 Å². The Bertz CT molecular complexity index is 2030. The first-order chi connectivity index (χ1) is 52.7. The normalized spacial score (nSPS) is 13.7. The molecule has 0 aliphatic carbocycles. The monoisotopic (exact) mass is 1580 g/mol. The van der Waals surface area contributed by atoms with Crippen molar-refractivity contribution in [2.24, 2.45) is 0 Å². The van der Waals surface area contributed by atoms with E-state index in [4.69, 9.17) is 37.0 Å². The summed E-state index contributed by atoms with van der Waals surface area (Å²) in [5, 5.41) is 10.7. The van der Waals surface area contributed by atoms with Crippen molar-refractivity contribution in [3.05, 3.63) is 0 Å². The molecule has 0 aromatic heterocycles. The standard InChI is InChI=1S/C89H174O17P2/c1-5-9-13-17-21-25-29-32-35-37-39-41-43-45-47-50-53-56-60-64-68-72-76-89(94)106-85(80-100-87(92)74-70-66-62-58-54-51-49-46-44-42-40-38-36-33-30-26-22-18-14-10-6-2)82-104-108(97,98)102-78-83(90)77-101-107(95,96)103-81-84(79-99-86(91)73-69-65-61-57-28-24-20-16-12-8-4)105-88(93)75-71-67-63-59-55-52-48-34-31-27-23-19-15-11-7-3/h83-85,90H,5-82H2,1-4H3,(H,95,96)(H,97,98)/t83-,84+,85+/m0/s1. The molecule has 0 amide bonds. The second-order valence-electron chi connectivity index (χ2n) is 32.0. The second-order valence-corrected chi connectivity index (χ2v) is 34.9. The fourth-order valence-electron chi connectivity index (χ4n) is 14.1. The molecule has 0 aliphatic heterocycles. The first-order valence-corrected chi connectivity index (χ1v) is 49.3. The minimum atomic E-state index is -4.97. The van der Waals surface area contributed by atoms with Gasteiger partial charge in [0.15, 0.2) is 12.2 Å². The van der Waals surface area contributed by atoms with E-state index in [9.17, 15) is 43.2 Å². The van der Waals surface area contributed by atoms with Crippen LogP contribution in [0, 0.1) is 0 Å². The molecule has 0 fully saturated rings. The lowest BCUT2D eigenvalue weighted by Crippen LogP contribution is -2.30. The lowest BCUT2D eigenvalue weighted by molar-refractivity contribution is -0.161. The number of rotatable bonds is 90. The summed E-state index contributed by atoms with van der Waals surface area (Å²) in [6.07, 6.45) is 79.3. The topological polar surface area (TPSA) is 237 Å². The van der Waals surface area contributed by atoms with Crippen molar-refractivity contribution in [3.8, 4) is 0 Å². The molecule has 0 spiro atoms. The predicted molar refractivity (Wildman–Crippen MR) is 446 cm³/mol. The highest BCUT2D eigenvalue weighted by Crippen LogP contribution is 2.45. The van der Waals surface area contributed by atoms with Gasteiger partial charge in [-0.25, -0.2) is 9.13 Å². The highest BCUT2D eigenvalue weighted by molar-refractivity contribution is 7.47. The van der Waals surface area contributed by atoms with E-state index >= 15 is 0 Å². The summed E-state index contributed by atoms with van der Waals surface area (Å²) >= 11 is 0. The summed E-state index contributed by atoms with van der Waals surface area (Å²) in [5.74, 6) is -2.10. The van der Waals surface area contributed by atoms with Gasteiger partial charge in [-0.1, -0.05) is 439 Å². The molecule has 0 radical (unpaired) electrons. The van der Waals surface area contributed by atoms with Gasteiger partial charge in [0.25, 0.3) is 0 Å². The van der Waals surface area contributed by atoms with Gasteiger partial charge >= 0.3 is 39.5 Å². The Morgan fingerprint density at radius 2 is 0.370 bits per heavy atom. The SMILES string of the molecule is CCCCCCCCCCCCCCCCCCCCCCCCC(=O)O[C@H](COC(=O)CCCCCCCCCCCCCCCCCCCCCCC)COP(=O)(O)OC[C@@H](O)COP(=O)(O)OC[C@@H](COC(=O)CCCCCCCCCCCC)OC(=O)CCCCCCCCCCCCCCCCC. The number of phosphoric acid groups is 2. The molecule has 0 heterocycles. The number of aliphatic hydroxyl groups excluding tert-OH is 1. The van der Waals surface area contributed by atoms with Crippen LogP contribution in [0.3, 0.4) is 0 Å². The molecule has 3 N–H and O–H groups in total. The van der Waals surface area contributed by atoms with Crippen LogP contribution in [-0.2, 0) is 65.4 Å². The molecule has 0 rings (SSSR count). The molecule has 0 aliphatic rings. The van der Waals surface area contributed by atoms with E-state index in [0.717, 1.165) is 89.9 Å². The molecule has 0 aromatic carbocycles. The number of phosphoric ester groups is 2. The van der Waals surface area contributed by atoms with Gasteiger partial charge in [0.2, 0.25) is 0 Å². The molecule has 0 aromatic rings. The van der Waals surface area contributed by atoms with Crippen LogP contribution in [0.1, 0.15) is 490 Å². The van der Waals surface area contributed by atoms with E-state index in [1.165, 1.54) is 321 Å². The Hall–Kier alpha value is -1.94. The van der Waals surface area contributed by atoms with E-state index in [1.54, 1.807) is 0 Å². The average molecular weight is 1580 g/mol. The number of carbonyl (C=O) groups is 4. The third-order valence-corrected chi connectivity index (χ3v) is 23.0. The number of unbranched alkanes of at least 4 members (excludes halogenated alkanes) is 64. The summed E-state index contributed by atoms with van der Waals surface area (Å²) in [6.45, 7) is 5.06. The first kappa shape index (κ1) is 106. The minimum absolute atomic E-state index is 0.109. The van der Waals surface area contributed by atoms with Gasteiger partial charge in [0.05, 0.1) is 26.4 Å². The van der Waals surface area contributed by atoms with E-state index < -0.39 is 97.5 Å². The van der Waals surface area contributed by atoms with E-state index in [2.05, 4.69) is 27.7 Å². The molecule has 0 saturated heterocycles. The summed E-state index contributed by atoms with van der Waals surface area (Å²) < 4.78 is 69.0. The average Bonchev–Trinajstić information content (AvgIpc) is 0.901. The van der Waals surface area contributed by atoms with E-state index in [-0.39, 0.29) is 25.7 Å². The molecule has 0 bridgehead atoms. The number of esters is 4. The molecule has 5 atom stereocenters. The summed E-state index contributed by atoms with van der Waals surface area (Å²) in [5.41, 5.74) is 0. The van der Waals surface area contributed by atoms with E-state index in [1.807, 2.05) is 0 Å². The Kier molecular flexibility index (Phi) is 81.5. The van der Waals surface area contributed by atoms with Crippen LogP contribution in [-0.4, -0.2) is 96.7 Å². The van der Waals surface area contributed by atoms with Crippen molar-refractivity contribution >= 4 is 39.5 Å². The fourth-order valence-corrected chi connectivity index (χ4v) is 15.6. The Balaban J connectivity index is 5.20. The smallest absolute Gasteiger partial charge is 0.462 e. The predicted octanol–water partition coefficient (Wildman–Crippen LogP) is 27.7. The largest absolute Gasteiger partial charge is 0.472 e. The summed E-state index contributed by atoms with van der Waals surface area (Å²) in [4.78, 5) is 73.3. The van der Waals surface area contributed by atoms with Gasteiger partial charge in [-0.2, -0.15) is 0 Å². The quantitative estimate of drug-likeness (QED) is 0.0222. The fraction of sp³-hybridized carbons (Fsp3) is 0.955. The highest BCUT2D eigenvalue weighted by Gasteiger charge is 2.30. The third kappa shape index (κ3) is 82.1. The molecule has 642 valence electrons. The number of hydrogen-bond donors (Lipinski definition) is 3. The summed E-state index contributed by atoms with van der Waals surface area (Å²) in [7, 11) is -9.93. The van der Waals surface area contributed by atoms with Gasteiger partial charge < -0.3 is 33.8 Å². The molecular formula is C89H174O17P2. The zero-order valence-electron chi connectivity index (χ0n) is 70.8. The third-order valence-electron chi connectivity index (χ3n) is 21.1. The molecule has 19 heteroatoms. The number of carbonyl (C=O) groups excluding carboxylic acids is 4. The van der Waals surface area contributed by atoms with Crippen molar-refractivity contribution in [1.82, 2.24) is 0 Å². The van der Waals surface area contributed by atoms with Crippen LogP contribution in [0.25, 0.3) is 0 Å². The van der Waals surface area contributed by atoms with Gasteiger partial charge in [-0.3, -0.25) is 37.3 Å². The van der Waals surface area contributed by atoms with Crippen LogP contribution in [0.15, 0.2) is 0 Å². The van der Waals surface area contributed by atoms with Crippen molar-refractivity contribution < 1.29 is 80.2 Å². The van der Waals surface area contributed by atoms with Gasteiger partial charge in [-0.15, -0.1) is 0 Å². The maximum absolute atomic E-state index is 13.2. The molecular weight excluding hydrogens is 1400 g/mol. The zero-order valence-corrected chi connectivity index (χ0v) is 72.6. The zero-order chi connectivity index (χ0) is 78.9. The van der Waals surface area contributed by atoms with Crippen LogP contribution < -0.4 is 0 Å². The highest BCUT2D eigenvalue weighted by atomic mass is 31.2. The van der Waals surface area contributed by atoms with Crippen LogP contribution in [0.2, 0.25) is 0 Å². The van der Waals surface area contributed by atoms with Crippen molar-refractivity contribution in [2.75, 3.05) is 39.6 Å². The van der Waals surface area contributed by atoms with Crippen molar-refractivity contribution in [1.29, 1.82) is 0 Å². The van der Waals surface area contributed by atoms with E-state index in [0.29, 0.717) is 25.7 Å². The van der Waals surface area contributed by atoms with Gasteiger partial charge in [0, 0.05) is 25.7 Å².